The van der Waals surface area contributed by atoms with Crippen LogP contribution in [0.5, 0.6) is 0 Å². The lowest BCUT2D eigenvalue weighted by Gasteiger charge is -2.17. The molecule has 1 N–H and O–H groups in total. The number of hydrogen-bond donors (Lipinski definition) is 1. The summed E-state index contributed by atoms with van der Waals surface area (Å²) >= 11 is 1.24. The summed E-state index contributed by atoms with van der Waals surface area (Å²) < 4.78 is 37.0. The highest BCUT2D eigenvalue weighted by atomic mass is 32.2. The quantitative estimate of drug-likeness (QED) is 0.746. The summed E-state index contributed by atoms with van der Waals surface area (Å²) in [6, 6.07) is 3.35. The first-order valence-electron chi connectivity index (χ1n) is 4.11. The Morgan fingerprint density at radius 2 is 2.07 bits per heavy atom. The van der Waals surface area contributed by atoms with Crippen molar-refractivity contribution < 1.29 is 18.0 Å². The van der Waals surface area contributed by atoms with Gasteiger partial charge in [0.1, 0.15) is 0 Å². The van der Waals surface area contributed by atoms with Crippen LogP contribution in [0, 0.1) is 0 Å². The molecule has 0 spiro atoms. The normalized spacial score (nSPS) is 15.8. The number of alkyl halides is 3. The highest BCUT2D eigenvalue weighted by molar-refractivity contribution is 8.00. The van der Waals surface area contributed by atoms with Gasteiger partial charge < -0.3 is 5.32 Å². The van der Waals surface area contributed by atoms with Crippen LogP contribution in [0.3, 0.4) is 0 Å². The van der Waals surface area contributed by atoms with Gasteiger partial charge in [0, 0.05) is 4.90 Å². The van der Waals surface area contributed by atoms with Crippen molar-refractivity contribution in [1.29, 1.82) is 0 Å². The van der Waals surface area contributed by atoms with Crippen molar-refractivity contribution >= 4 is 23.4 Å². The third kappa shape index (κ3) is 2.09. The lowest BCUT2D eigenvalue weighted by Crippen LogP contribution is -2.19. The average molecular weight is 233 g/mol. The maximum atomic E-state index is 12.3. The largest absolute Gasteiger partial charge is 0.416 e. The smallest absolute Gasteiger partial charge is 0.324 e. The number of anilines is 1. The zero-order valence-electron chi connectivity index (χ0n) is 7.39. The molecule has 1 aromatic rings. The second-order valence-electron chi connectivity index (χ2n) is 3.05. The SMILES string of the molecule is O=C1CSc2ccc(C(F)(F)F)cc2N1. The molecule has 0 saturated carbocycles. The Labute approximate surface area is 87.9 Å². The number of fused-ring (bicyclic) bond motifs is 1. The van der Waals surface area contributed by atoms with Gasteiger partial charge in [-0.1, -0.05) is 0 Å². The molecule has 1 aromatic carbocycles. The lowest BCUT2D eigenvalue weighted by atomic mass is 10.2. The number of benzene rings is 1. The van der Waals surface area contributed by atoms with Crippen molar-refractivity contribution in [2.24, 2.45) is 0 Å². The summed E-state index contributed by atoms with van der Waals surface area (Å²) in [5.74, 6) is -0.0231. The summed E-state index contributed by atoms with van der Waals surface area (Å²) in [6.07, 6.45) is -4.37. The predicted octanol–water partition coefficient (Wildman–Crippen LogP) is 2.75. The fourth-order valence-electron chi connectivity index (χ4n) is 1.26. The second-order valence-corrected chi connectivity index (χ2v) is 4.06. The molecule has 0 unspecified atom stereocenters. The Kier molecular flexibility index (Phi) is 2.38. The van der Waals surface area contributed by atoms with E-state index in [-0.39, 0.29) is 17.3 Å². The Hall–Kier alpha value is -1.17. The minimum atomic E-state index is -4.37. The van der Waals surface area contributed by atoms with Crippen LogP contribution in [0.2, 0.25) is 0 Å². The molecule has 1 amide bonds. The van der Waals surface area contributed by atoms with Crippen molar-refractivity contribution in [3.8, 4) is 0 Å². The number of hydrogen-bond acceptors (Lipinski definition) is 2. The second kappa shape index (κ2) is 3.44. The average Bonchev–Trinajstić information content (AvgIpc) is 2.15. The third-order valence-corrected chi connectivity index (χ3v) is 3.01. The van der Waals surface area contributed by atoms with Crippen LogP contribution in [0.15, 0.2) is 23.1 Å². The molecule has 0 saturated heterocycles. The molecule has 1 heterocycles. The molecule has 2 nitrogen and oxygen atoms in total. The molecule has 15 heavy (non-hydrogen) atoms. The molecule has 2 rings (SSSR count). The molecule has 0 radical (unpaired) electrons. The lowest BCUT2D eigenvalue weighted by molar-refractivity contribution is -0.137. The number of carbonyl (C=O) groups is 1. The van der Waals surface area contributed by atoms with E-state index in [2.05, 4.69) is 5.32 Å². The summed E-state index contributed by atoms with van der Waals surface area (Å²) in [4.78, 5) is 11.6. The molecular formula is C9H6F3NOS. The van der Waals surface area contributed by atoms with Crippen molar-refractivity contribution in [3.05, 3.63) is 23.8 Å². The van der Waals surface area contributed by atoms with Gasteiger partial charge >= 0.3 is 6.18 Å². The Morgan fingerprint density at radius 3 is 2.73 bits per heavy atom. The van der Waals surface area contributed by atoms with Gasteiger partial charge in [0.15, 0.2) is 0 Å². The van der Waals surface area contributed by atoms with E-state index in [1.165, 1.54) is 17.8 Å². The Balaban J connectivity index is 2.41. The van der Waals surface area contributed by atoms with Gasteiger partial charge in [-0.05, 0) is 18.2 Å². The highest BCUT2D eigenvalue weighted by Gasteiger charge is 2.31. The molecule has 80 valence electrons. The highest BCUT2D eigenvalue weighted by Crippen LogP contribution is 2.37. The minimum Gasteiger partial charge on any atom is -0.324 e. The van der Waals surface area contributed by atoms with Crippen molar-refractivity contribution in [2.45, 2.75) is 11.1 Å². The monoisotopic (exact) mass is 233 g/mol. The molecule has 0 bridgehead atoms. The zero-order chi connectivity index (χ0) is 11.1. The fourth-order valence-corrected chi connectivity index (χ4v) is 2.05. The van der Waals surface area contributed by atoms with Crippen LogP contribution < -0.4 is 5.32 Å². The van der Waals surface area contributed by atoms with Crippen LogP contribution >= 0.6 is 11.8 Å². The minimum absolute atomic E-state index is 0.242. The van der Waals surface area contributed by atoms with Crippen LogP contribution in [0.1, 0.15) is 5.56 Å². The molecule has 0 atom stereocenters. The van der Waals surface area contributed by atoms with Crippen molar-refractivity contribution in [3.63, 3.8) is 0 Å². The van der Waals surface area contributed by atoms with E-state index in [1.54, 1.807) is 0 Å². The summed E-state index contributed by atoms with van der Waals surface area (Å²) in [5, 5.41) is 2.41. The number of thioether (sulfide) groups is 1. The van der Waals surface area contributed by atoms with E-state index in [4.69, 9.17) is 0 Å². The van der Waals surface area contributed by atoms with E-state index in [0.717, 1.165) is 12.1 Å². The van der Waals surface area contributed by atoms with Gasteiger partial charge in [-0.25, -0.2) is 0 Å². The van der Waals surface area contributed by atoms with Crippen LogP contribution in [0.25, 0.3) is 0 Å². The van der Waals surface area contributed by atoms with Gasteiger partial charge in [-0.15, -0.1) is 11.8 Å². The number of amides is 1. The zero-order valence-corrected chi connectivity index (χ0v) is 8.21. The molecule has 0 fully saturated rings. The molecular weight excluding hydrogens is 227 g/mol. The third-order valence-electron chi connectivity index (χ3n) is 1.94. The van der Waals surface area contributed by atoms with Crippen molar-refractivity contribution in [2.75, 3.05) is 11.1 Å². The maximum absolute atomic E-state index is 12.3. The summed E-state index contributed by atoms with van der Waals surface area (Å²) in [5.41, 5.74) is -0.505. The molecule has 1 aliphatic rings. The molecule has 6 heteroatoms. The number of rotatable bonds is 0. The summed E-state index contributed by atoms with van der Waals surface area (Å²) in [6.45, 7) is 0. The van der Waals surface area contributed by atoms with Crippen LogP contribution in [-0.2, 0) is 11.0 Å². The number of nitrogens with one attached hydrogen (secondary N) is 1. The predicted molar refractivity (Wildman–Crippen MR) is 50.8 cm³/mol. The van der Waals surface area contributed by atoms with Gasteiger partial charge in [-0.3, -0.25) is 4.79 Å². The molecule has 1 aliphatic heterocycles. The first-order chi connectivity index (χ1) is 6.97. The topological polar surface area (TPSA) is 29.1 Å². The number of halogens is 3. The maximum Gasteiger partial charge on any atom is 0.416 e. The van der Waals surface area contributed by atoms with Gasteiger partial charge in [0.2, 0.25) is 5.91 Å². The first-order valence-corrected chi connectivity index (χ1v) is 5.09. The van der Waals surface area contributed by atoms with E-state index in [0.29, 0.717) is 4.90 Å². The fraction of sp³-hybridized carbons (Fsp3) is 0.222. The van der Waals surface area contributed by atoms with E-state index >= 15 is 0 Å². The first kappa shape index (κ1) is 10.4. The Morgan fingerprint density at radius 1 is 1.33 bits per heavy atom. The van der Waals surface area contributed by atoms with Crippen LogP contribution in [-0.4, -0.2) is 11.7 Å². The van der Waals surface area contributed by atoms with E-state index < -0.39 is 11.7 Å². The van der Waals surface area contributed by atoms with Crippen molar-refractivity contribution in [1.82, 2.24) is 0 Å². The van der Waals surface area contributed by atoms with Gasteiger partial charge in [0.25, 0.3) is 0 Å². The summed E-state index contributed by atoms with van der Waals surface area (Å²) in [7, 11) is 0. The molecule has 0 aliphatic carbocycles. The van der Waals surface area contributed by atoms with Gasteiger partial charge in [0.05, 0.1) is 17.0 Å². The Bertz CT molecular complexity index is 416. The van der Waals surface area contributed by atoms with Gasteiger partial charge in [-0.2, -0.15) is 13.2 Å². The van der Waals surface area contributed by atoms with E-state index in [9.17, 15) is 18.0 Å². The van der Waals surface area contributed by atoms with E-state index in [1.807, 2.05) is 0 Å². The van der Waals surface area contributed by atoms with Crippen LogP contribution in [0.4, 0.5) is 18.9 Å². The number of carbonyl (C=O) groups excluding carboxylic acids is 1. The molecule has 0 aromatic heterocycles. The standard InChI is InChI=1S/C9H6F3NOS/c10-9(11,12)5-1-2-7-6(3-5)13-8(14)4-15-7/h1-3H,4H2,(H,13,14).